The van der Waals surface area contributed by atoms with Crippen molar-refractivity contribution in [2.75, 3.05) is 30.7 Å². The molecule has 0 aromatic heterocycles. The third-order valence-electron chi connectivity index (χ3n) is 3.51. The van der Waals surface area contributed by atoms with E-state index in [0.717, 1.165) is 19.4 Å². The van der Waals surface area contributed by atoms with Crippen molar-refractivity contribution >= 4 is 23.2 Å². The summed E-state index contributed by atoms with van der Waals surface area (Å²) in [5.41, 5.74) is 12.2. The number of carbonyl (C=O) groups excluding carboxylic acids is 2. The van der Waals surface area contributed by atoms with Crippen LogP contribution >= 0.6 is 0 Å². The number of hydrogen-bond donors (Lipinski definition) is 3. The quantitative estimate of drug-likeness (QED) is 0.693. The van der Waals surface area contributed by atoms with Crippen LogP contribution < -0.4 is 16.8 Å². The number of hydrogen-bond acceptors (Lipinski definition) is 4. The van der Waals surface area contributed by atoms with Crippen LogP contribution in [-0.2, 0) is 9.59 Å². The van der Waals surface area contributed by atoms with Gasteiger partial charge in [-0.2, -0.15) is 0 Å². The van der Waals surface area contributed by atoms with Crippen LogP contribution in [0.25, 0.3) is 0 Å². The third-order valence-corrected chi connectivity index (χ3v) is 3.51. The number of nitrogens with one attached hydrogen (secondary N) is 1. The van der Waals surface area contributed by atoms with E-state index in [0.29, 0.717) is 17.9 Å². The molecule has 1 aliphatic heterocycles. The lowest BCUT2D eigenvalue weighted by Gasteiger charge is -2.30. The van der Waals surface area contributed by atoms with Crippen LogP contribution in [0.4, 0.5) is 11.4 Å². The van der Waals surface area contributed by atoms with Gasteiger partial charge in [0.15, 0.2) is 0 Å². The van der Waals surface area contributed by atoms with E-state index in [1.54, 1.807) is 12.1 Å². The van der Waals surface area contributed by atoms with Crippen molar-refractivity contribution in [3.05, 3.63) is 24.3 Å². The number of carbonyl (C=O) groups is 2. The zero-order chi connectivity index (χ0) is 14.5. The summed E-state index contributed by atoms with van der Waals surface area (Å²) in [5.74, 6) is -0.575. The van der Waals surface area contributed by atoms with Crippen molar-refractivity contribution in [3.63, 3.8) is 0 Å². The van der Waals surface area contributed by atoms with E-state index in [4.69, 9.17) is 11.5 Å². The average molecular weight is 276 g/mol. The molecule has 5 N–H and O–H groups in total. The van der Waals surface area contributed by atoms with Gasteiger partial charge in [-0.25, -0.2) is 0 Å². The Labute approximate surface area is 118 Å². The van der Waals surface area contributed by atoms with Crippen LogP contribution in [0.5, 0.6) is 0 Å². The predicted octanol–water partition coefficient (Wildman–Crippen LogP) is 0.405. The summed E-state index contributed by atoms with van der Waals surface area (Å²) >= 11 is 0. The molecule has 1 fully saturated rings. The Morgan fingerprint density at radius 2 is 2.10 bits per heavy atom. The molecule has 1 aromatic rings. The first-order chi connectivity index (χ1) is 9.56. The zero-order valence-corrected chi connectivity index (χ0v) is 11.3. The number of anilines is 2. The van der Waals surface area contributed by atoms with Crippen LogP contribution in [-0.4, -0.2) is 36.3 Å². The minimum Gasteiger partial charge on any atom is -0.397 e. The summed E-state index contributed by atoms with van der Waals surface area (Å²) in [7, 11) is 0. The molecule has 0 bridgehead atoms. The summed E-state index contributed by atoms with van der Waals surface area (Å²) in [6.07, 6.45) is 1.69. The summed E-state index contributed by atoms with van der Waals surface area (Å²) in [5, 5.41) is 2.78. The van der Waals surface area contributed by atoms with Crippen molar-refractivity contribution in [1.29, 1.82) is 0 Å². The Balaban J connectivity index is 1.88. The molecule has 6 heteroatoms. The third kappa shape index (κ3) is 3.71. The highest BCUT2D eigenvalue weighted by Crippen LogP contribution is 2.18. The molecule has 0 spiro atoms. The van der Waals surface area contributed by atoms with Crippen molar-refractivity contribution in [2.45, 2.75) is 12.8 Å². The molecule has 1 aromatic carbocycles. The van der Waals surface area contributed by atoms with Crippen LogP contribution in [0.2, 0.25) is 0 Å². The Bertz CT molecular complexity index is 504. The number of benzene rings is 1. The number of amides is 2. The van der Waals surface area contributed by atoms with Crippen molar-refractivity contribution in [3.8, 4) is 0 Å². The number of para-hydroxylation sites is 2. The van der Waals surface area contributed by atoms with Crippen molar-refractivity contribution in [2.24, 2.45) is 11.7 Å². The Hall–Kier alpha value is -2.08. The number of piperidine rings is 1. The maximum Gasteiger partial charge on any atom is 0.238 e. The molecule has 20 heavy (non-hydrogen) atoms. The fourth-order valence-corrected chi connectivity index (χ4v) is 2.44. The average Bonchev–Trinajstić information content (AvgIpc) is 2.41. The number of nitrogens with two attached hydrogens (primary N) is 2. The van der Waals surface area contributed by atoms with E-state index in [-0.39, 0.29) is 24.3 Å². The highest BCUT2D eigenvalue weighted by atomic mass is 16.2. The summed E-state index contributed by atoms with van der Waals surface area (Å²) in [4.78, 5) is 25.1. The second-order valence-electron chi connectivity index (χ2n) is 5.11. The molecular formula is C14H20N4O2. The summed E-state index contributed by atoms with van der Waals surface area (Å²) in [6.45, 7) is 1.60. The topological polar surface area (TPSA) is 101 Å². The Morgan fingerprint density at radius 1 is 1.35 bits per heavy atom. The minimum absolute atomic E-state index is 0.131. The molecular weight excluding hydrogens is 256 g/mol. The maximum absolute atomic E-state index is 12.0. The second kappa shape index (κ2) is 6.38. The fraction of sp³-hybridized carbons (Fsp3) is 0.429. The largest absolute Gasteiger partial charge is 0.397 e. The molecule has 1 saturated heterocycles. The van der Waals surface area contributed by atoms with Gasteiger partial charge in [0, 0.05) is 6.54 Å². The van der Waals surface area contributed by atoms with Gasteiger partial charge in [-0.15, -0.1) is 0 Å². The van der Waals surface area contributed by atoms with E-state index < -0.39 is 0 Å². The minimum atomic E-state index is -0.289. The summed E-state index contributed by atoms with van der Waals surface area (Å²) in [6, 6.07) is 7.12. The fourth-order valence-electron chi connectivity index (χ4n) is 2.44. The van der Waals surface area contributed by atoms with Crippen molar-refractivity contribution in [1.82, 2.24) is 4.90 Å². The Kier molecular flexibility index (Phi) is 4.57. The van der Waals surface area contributed by atoms with E-state index in [9.17, 15) is 9.59 Å². The lowest BCUT2D eigenvalue weighted by atomic mass is 9.97. The van der Waals surface area contributed by atoms with Crippen molar-refractivity contribution < 1.29 is 9.59 Å². The molecule has 0 aliphatic carbocycles. The van der Waals surface area contributed by atoms with Gasteiger partial charge >= 0.3 is 0 Å². The second-order valence-corrected chi connectivity index (χ2v) is 5.11. The predicted molar refractivity (Wildman–Crippen MR) is 77.8 cm³/mol. The molecule has 2 rings (SSSR count). The van der Waals surface area contributed by atoms with E-state index in [1.807, 2.05) is 17.0 Å². The number of primary amides is 1. The molecule has 1 aliphatic rings. The monoisotopic (exact) mass is 276 g/mol. The number of nitrogen functional groups attached to an aromatic ring is 1. The molecule has 6 nitrogen and oxygen atoms in total. The maximum atomic E-state index is 12.0. The van der Waals surface area contributed by atoms with Gasteiger partial charge in [0.05, 0.1) is 23.8 Å². The van der Waals surface area contributed by atoms with Gasteiger partial charge in [-0.1, -0.05) is 12.1 Å². The molecule has 108 valence electrons. The van der Waals surface area contributed by atoms with E-state index in [1.165, 1.54) is 0 Å². The first kappa shape index (κ1) is 14.3. The van der Waals surface area contributed by atoms with Gasteiger partial charge in [0.2, 0.25) is 11.8 Å². The van der Waals surface area contributed by atoms with Crippen LogP contribution in [0.3, 0.4) is 0 Å². The lowest BCUT2D eigenvalue weighted by Crippen LogP contribution is -2.44. The molecule has 1 unspecified atom stereocenters. The van der Waals surface area contributed by atoms with Crippen LogP contribution in [0, 0.1) is 5.92 Å². The van der Waals surface area contributed by atoms with Gasteiger partial charge in [-0.05, 0) is 31.5 Å². The smallest absolute Gasteiger partial charge is 0.238 e. The first-order valence-electron chi connectivity index (χ1n) is 6.72. The normalized spacial score (nSPS) is 19.5. The summed E-state index contributed by atoms with van der Waals surface area (Å²) < 4.78 is 0. The SMILES string of the molecule is NC(=O)C1CCCN(CC(=O)Nc2ccccc2N)C1. The number of likely N-dealkylation sites (tertiary alicyclic amines) is 1. The number of nitrogens with zero attached hydrogens (tertiary/aromatic N) is 1. The van der Waals surface area contributed by atoms with Gasteiger partial charge < -0.3 is 16.8 Å². The Morgan fingerprint density at radius 3 is 2.80 bits per heavy atom. The molecule has 1 heterocycles. The van der Waals surface area contributed by atoms with Crippen LogP contribution in [0.1, 0.15) is 12.8 Å². The van der Waals surface area contributed by atoms with Crippen LogP contribution in [0.15, 0.2) is 24.3 Å². The highest BCUT2D eigenvalue weighted by molar-refractivity contribution is 5.95. The standard InChI is InChI=1S/C14H20N4O2/c15-11-5-1-2-6-12(11)17-13(19)9-18-7-3-4-10(8-18)14(16)20/h1-2,5-6,10H,3-4,7-9,15H2,(H2,16,20)(H,17,19). The molecule has 0 saturated carbocycles. The van der Waals surface area contributed by atoms with E-state index in [2.05, 4.69) is 5.32 Å². The first-order valence-corrected chi connectivity index (χ1v) is 6.72. The van der Waals surface area contributed by atoms with E-state index >= 15 is 0 Å². The van der Waals surface area contributed by atoms with Gasteiger partial charge in [-0.3, -0.25) is 14.5 Å². The molecule has 2 amide bonds. The van der Waals surface area contributed by atoms with Gasteiger partial charge in [0.25, 0.3) is 0 Å². The molecule has 1 atom stereocenters. The zero-order valence-electron chi connectivity index (χ0n) is 11.3. The lowest BCUT2D eigenvalue weighted by molar-refractivity contribution is -0.125. The molecule has 0 radical (unpaired) electrons. The number of rotatable bonds is 4. The highest BCUT2D eigenvalue weighted by Gasteiger charge is 2.25. The van der Waals surface area contributed by atoms with Gasteiger partial charge in [0.1, 0.15) is 0 Å².